The van der Waals surface area contributed by atoms with E-state index < -0.39 is 0 Å². The third-order valence-corrected chi connectivity index (χ3v) is 6.12. The first-order valence-corrected chi connectivity index (χ1v) is 9.86. The maximum atomic E-state index is 6.39. The molecule has 134 valence electrons. The molecule has 1 aromatic heterocycles. The minimum atomic E-state index is 0.433. The molecule has 2 aromatic rings. The third-order valence-electron chi connectivity index (χ3n) is 5.71. The van der Waals surface area contributed by atoms with E-state index in [0.717, 1.165) is 35.8 Å². The Balaban J connectivity index is 1.86. The van der Waals surface area contributed by atoms with Crippen LogP contribution in [0.15, 0.2) is 18.2 Å². The van der Waals surface area contributed by atoms with Crippen molar-refractivity contribution in [3.05, 3.63) is 40.0 Å². The van der Waals surface area contributed by atoms with E-state index in [2.05, 4.69) is 34.9 Å². The van der Waals surface area contributed by atoms with Crippen LogP contribution in [0.1, 0.15) is 55.0 Å². The van der Waals surface area contributed by atoms with E-state index >= 15 is 0 Å². The Morgan fingerprint density at radius 2 is 2.08 bits per heavy atom. The van der Waals surface area contributed by atoms with Gasteiger partial charge in [-0.3, -0.25) is 4.90 Å². The normalized spacial score (nSPS) is 21.5. The molecule has 2 aliphatic heterocycles. The zero-order chi connectivity index (χ0) is 17.4. The number of rotatable bonds is 2. The first kappa shape index (κ1) is 16.9. The lowest BCUT2D eigenvalue weighted by molar-refractivity contribution is 0.182. The van der Waals surface area contributed by atoms with Crippen LogP contribution >= 0.6 is 11.6 Å². The van der Waals surface area contributed by atoms with E-state index in [1.165, 1.54) is 49.2 Å². The van der Waals surface area contributed by atoms with Crippen LogP contribution in [0.3, 0.4) is 0 Å². The molecule has 3 heterocycles. The number of nitrogens with zero attached hydrogens (tertiary/aromatic N) is 3. The zero-order valence-electron chi connectivity index (χ0n) is 15.2. The van der Waals surface area contributed by atoms with Gasteiger partial charge in [0.1, 0.15) is 5.82 Å². The van der Waals surface area contributed by atoms with Crippen LogP contribution in [0.2, 0.25) is 5.02 Å². The van der Waals surface area contributed by atoms with Crippen molar-refractivity contribution in [2.75, 3.05) is 25.5 Å². The van der Waals surface area contributed by atoms with E-state index in [-0.39, 0.29) is 0 Å². The van der Waals surface area contributed by atoms with Crippen LogP contribution in [-0.4, -0.2) is 34.8 Å². The summed E-state index contributed by atoms with van der Waals surface area (Å²) in [5, 5.41) is 9.58. The molecule has 5 heteroatoms. The van der Waals surface area contributed by atoms with Gasteiger partial charge in [-0.15, -0.1) is 0 Å². The zero-order valence-corrected chi connectivity index (χ0v) is 15.9. The molecule has 0 saturated carbocycles. The van der Waals surface area contributed by atoms with Crippen LogP contribution < -0.4 is 5.32 Å². The highest BCUT2D eigenvalue weighted by Crippen LogP contribution is 2.37. The fourth-order valence-corrected chi connectivity index (χ4v) is 4.39. The van der Waals surface area contributed by atoms with Crippen LogP contribution in [0.5, 0.6) is 0 Å². The lowest BCUT2D eigenvalue weighted by Gasteiger charge is -2.31. The molecule has 1 aromatic carbocycles. The fraction of sp³-hybridized carbons (Fsp3) is 0.550. The number of halogens is 1. The van der Waals surface area contributed by atoms with Crippen molar-refractivity contribution in [2.45, 2.75) is 51.5 Å². The summed E-state index contributed by atoms with van der Waals surface area (Å²) in [5.74, 6) is 1.18. The molecule has 1 N–H and O–H groups in total. The summed E-state index contributed by atoms with van der Waals surface area (Å²) < 4.78 is 2.11. The molecule has 0 bridgehead atoms. The van der Waals surface area contributed by atoms with Gasteiger partial charge < -0.3 is 5.32 Å². The number of piperidine rings is 1. The number of hydrogen-bond donors (Lipinski definition) is 1. The second-order valence-electron chi connectivity index (χ2n) is 7.38. The van der Waals surface area contributed by atoms with E-state index in [1.807, 2.05) is 12.1 Å². The van der Waals surface area contributed by atoms with Gasteiger partial charge in [0.05, 0.1) is 17.4 Å². The molecule has 1 saturated heterocycles. The molecule has 25 heavy (non-hydrogen) atoms. The highest BCUT2D eigenvalue weighted by molar-refractivity contribution is 6.31. The summed E-state index contributed by atoms with van der Waals surface area (Å²) in [6, 6.07) is 6.52. The van der Waals surface area contributed by atoms with Gasteiger partial charge in [-0.1, -0.05) is 24.1 Å². The molecular formula is C20H27ClN4. The third kappa shape index (κ3) is 3.06. The van der Waals surface area contributed by atoms with Gasteiger partial charge in [0.25, 0.3) is 0 Å². The van der Waals surface area contributed by atoms with Gasteiger partial charge in [-0.05, 0) is 70.3 Å². The van der Waals surface area contributed by atoms with Gasteiger partial charge in [0.2, 0.25) is 0 Å². The van der Waals surface area contributed by atoms with Crippen LogP contribution in [-0.2, 0) is 6.42 Å². The Morgan fingerprint density at radius 1 is 1.20 bits per heavy atom. The predicted octanol–water partition coefficient (Wildman–Crippen LogP) is 4.74. The summed E-state index contributed by atoms with van der Waals surface area (Å²) in [4.78, 5) is 2.48. The monoisotopic (exact) mass is 358 g/mol. The summed E-state index contributed by atoms with van der Waals surface area (Å²) in [6.45, 7) is 4.25. The smallest absolute Gasteiger partial charge is 0.133 e. The molecule has 0 aliphatic carbocycles. The Morgan fingerprint density at radius 3 is 2.92 bits per heavy atom. The van der Waals surface area contributed by atoms with Gasteiger partial charge in [0.15, 0.2) is 0 Å². The number of nitrogens with one attached hydrogen (secondary N) is 1. The van der Waals surface area contributed by atoms with Gasteiger partial charge in [0, 0.05) is 17.1 Å². The number of aromatic nitrogens is 2. The minimum Gasteiger partial charge on any atom is -0.370 e. The van der Waals surface area contributed by atoms with Crippen molar-refractivity contribution in [3.63, 3.8) is 0 Å². The van der Waals surface area contributed by atoms with Crippen LogP contribution in [0.25, 0.3) is 5.69 Å². The predicted molar refractivity (Wildman–Crippen MR) is 104 cm³/mol. The Bertz CT molecular complexity index is 767. The van der Waals surface area contributed by atoms with Crippen LogP contribution in [0.4, 0.5) is 5.82 Å². The van der Waals surface area contributed by atoms with Gasteiger partial charge in [-0.2, -0.15) is 5.10 Å². The molecule has 4 rings (SSSR count). The maximum absolute atomic E-state index is 6.39. The fourth-order valence-electron chi connectivity index (χ4n) is 4.22. The van der Waals surface area contributed by atoms with Crippen LogP contribution in [0, 0.1) is 6.92 Å². The largest absolute Gasteiger partial charge is 0.370 e. The Hall–Kier alpha value is -1.52. The first-order chi connectivity index (χ1) is 12.2. The lowest BCUT2D eigenvalue weighted by atomic mass is 9.96. The summed E-state index contributed by atoms with van der Waals surface area (Å²) in [6.07, 6.45) is 7.34. The van der Waals surface area contributed by atoms with Crippen molar-refractivity contribution in [1.29, 1.82) is 0 Å². The number of likely N-dealkylation sites (tertiary alicyclic amines) is 1. The molecule has 0 radical (unpaired) electrons. The van der Waals surface area contributed by atoms with Crippen molar-refractivity contribution in [2.24, 2.45) is 0 Å². The number of fused-ring (bicyclic) bond motifs is 1. The average Bonchev–Trinajstić information content (AvgIpc) is 2.79. The number of benzene rings is 1. The van der Waals surface area contributed by atoms with Gasteiger partial charge >= 0.3 is 0 Å². The molecule has 0 amide bonds. The second kappa shape index (κ2) is 7.00. The Labute approximate surface area is 155 Å². The molecule has 1 fully saturated rings. The molecule has 1 atom stereocenters. The SMILES string of the molecule is Cc1c(Cl)cccc1-n1nc(C2CCCCN2C)c2c1NCCCC2. The highest BCUT2D eigenvalue weighted by Gasteiger charge is 2.30. The van der Waals surface area contributed by atoms with E-state index in [9.17, 15) is 0 Å². The summed E-state index contributed by atoms with van der Waals surface area (Å²) in [5.41, 5.74) is 4.86. The standard InChI is InChI=1S/C20H27ClN4/c1-14-16(21)9-7-11-17(14)25-20-15(8-3-5-12-22-20)19(23-25)18-10-4-6-13-24(18)2/h7,9,11,18,22H,3-6,8,10,12-13H2,1-2H3. The Kier molecular flexibility index (Phi) is 4.74. The molecule has 2 aliphatic rings. The number of hydrogen-bond acceptors (Lipinski definition) is 3. The van der Waals surface area contributed by atoms with Gasteiger partial charge in [-0.25, -0.2) is 4.68 Å². The van der Waals surface area contributed by atoms with Crippen molar-refractivity contribution >= 4 is 17.4 Å². The van der Waals surface area contributed by atoms with E-state index in [4.69, 9.17) is 16.7 Å². The first-order valence-electron chi connectivity index (χ1n) is 9.48. The average molecular weight is 359 g/mol. The summed E-state index contributed by atoms with van der Waals surface area (Å²) >= 11 is 6.39. The quantitative estimate of drug-likeness (QED) is 0.841. The molecular weight excluding hydrogens is 332 g/mol. The van der Waals surface area contributed by atoms with E-state index in [0.29, 0.717) is 6.04 Å². The second-order valence-corrected chi connectivity index (χ2v) is 7.79. The van der Waals surface area contributed by atoms with E-state index in [1.54, 1.807) is 0 Å². The minimum absolute atomic E-state index is 0.433. The highest BCUT2D eigenvalue weighted by atomic mass is 35.5. The summed E-state index contributed by atoms with van der Waals surface area (Å²) in [7, 11) is 2.24. The van der Waals surface area contributed by atoms with Crippen molar-refractivity contribution in [1.82, 2.24) is 14.7 Å². The van der Waals surface area contributed by atoms with Crippen molar-refractivity contribution < 1.29 is 0 Å². The molecule has 0 spiro atoms. The lowest BCUT2D eigenvalue weighted by Crippen LogP contribution is -2.30. The topological polar surface area (TPSA) is 33.1 Å². The van der Waals surface area contributed by atoms with Crippen molar-refractivity contribution in [3.8, 4) is 5.69 Å². The maximum Gasteiger partial charge on any atom is 0.133 e. The number of anilines is 1. The molecule has 4 nitrogen and oxygen atoms in total. The molecule has 1 unspecified atom stereocenters.